The maximum Gasteiger partial charge on any atom is 0.328 e. The zero-order valence-electron chi connectivity index (χ0n) is 15.3. The van der Waals surface area contributed by atoms with E-state index < -0.39 is 0 Å². The Labute approximate surface area is 151 Å². The van der Waals surface area contributed by atoms with Crippen molar-refractivity contribution >= 4 is 10.9 Å². The van der Waals surface area contributed by atoms with Gasteiger partial charge in [0.15, 0.2) is 0 Å². The SMILES string of the molecule is CCC(C)n1c(=O)[nH]c(C)c(C2NCCc3c2[nH]c2ccccc32)c1=O. The minimum Gasteiger partial charge on any atom is -0.357 e. The lowest BCUT2D eigenvalue weighted by Crippen LogP contribution is -2.43. The van der Waals surface area contributed by atoms with E-state index in [2.05, 4.69) is 27.4 Å². The normalized spacial score (nSPS) is 18.0. The predicted octanol–water partition coefficient (Wildman–Crippen LogP) is 2.53. The van der Waals surface area contributed by atoms with Crippen LogP contribution in [-0.2, 0) is 6.42 Å². The van der Waals surface area contributed by atoms with Gasteiger partial charge in [-0.1, -0.05) is 25.1 Å². The van der Waals surface area contributed by atoms with Crippen LogP contribution in [0.2, 0.25) is 0 Å². The Morgan fingerprint density at radius 2 is 2.00 bits per heavy atom. The molecular formula is C20H24N4O2. The fraction of sp³-hybridized carbons (Fsp3) is 0.400. The number of benzene rings is 1. The van der Waals surface area contributed by atoms with Crippen LogP contribution in [0.3, 0.4) is 0 Å². The summed E-state index contributed by atoms with van der Waals surface area (Å²) in [4.78, 5) is 32.0. The first-order valence-electron chi connectivity index (χ1n) is 9.21. The summed E-state index contributed by atoms with van der Waals surface area (Å²) >= 11 is 0. The first-order chi connectivity index (χ1) is 12.5. The zero-order chi connectivity index (χ0) is 18.4. The minimum atomic E-state index is -0.335. The van der Waals surface area contributed by atoms with Gasteiger partial charge in [0, 0.05) is 34.9 Å². The summed E-state index contributed by atoms with van der Waals surface area (Å²) in [5.41, 5.74) is 4.07. The molecule has 6 nitrogen and oxygen atoms in total. The van der Waals surface area contributed by atoms with Gasteiger partial charge in [-0.2, -0.15) is 0 Å². The Bertz CT molecular complexity index is 1090. The molecule has 0 saturated heterocycles. The summed E-state index contributed by atoms with van der Waals surface area (Å²) in [6.07, 6.45) is 1.64. The van der Waals surface area contributed by atoms with Gasteiger partial charge < -0.3 is 15.3 Å². The molecule has 3 heterocycles. The van der Waals surface area contributed by atoms with E-state index in [0.717, 1.165) is 30.6 Å². The number of hydrogen-bond donors (Lipinski definition) is 3. The van der Waals surface area contributed by atoms with Crippen molar-refractivity contribution in [3.05, 3.63) is 67.6 Å². The molecule has 2 atom stereocenters. The predicted molar refractivity (Wildman–Crippen MR) is 103 cm³/mol. The minimum absolute atomic E-state index is 0.142. The number of aromatic nitrogens is 3. The number of nitrogens with zero attached hydrogens (tertiary/aromatic N) is 1. The molecule has 0 saturated carbocycles. The first-order valence-corrected chi connectivity index (χ1v) is 9.21. The Morgan fingerprint density at radius 1 is 1.23 bits per heavy atom. The Morgan fingerprint density at radius 3 is 2.77 bits per heavy atom. The Kier molecular flexibility index (Phi) is 4.07. The van der Waals surface area contributed by atoms with Gasteiger partial charge in [-0.3, -0.25) is 9.36 Å². The molecule has 26 heavy (non-hydrogen) atoms. The van der Waals surface area contributed by atoms with Crippen LogP contribution in [0.1, 0.15) is 54.9 Å². The summed E-state index contributed by atoms with van der Waals surface area (Å²) in [5.74, 6) is 0. The molecule has 0 bridgehead atoms. The summed E-state index contributed by atoms with van der Waals surface area (Å²) in [6.45, 7) is 6.47. The smallest absolute Gasteiger partial charge is 0.328 e. The van der Waals surface area contributed by atoms with E-state index in [1.54, 1.807) is 6.92 Å². The molecule has 1 aliphatic heterocycles. The average Bonchev–Trinajstić information content (AvgIpc) is 3.00. The zero-order valence-corrected chi connectivity index (χ0v) is 15.3. The van der Waals surface area contributed by atoms with Crippen molar-refractivity contribution in [2.24, 2.45) is 0 Å². The van der Waals surface area contributed by atoms with Crippen LogP contribution in [0.15, 0.2) is 33.9 Å². The highest BCUT2D eigenvalue weighted by Crippen LogP contribution is 2.32. The van der Waals surface area contributed by atoms with E-state index in [1.807, 2.05) is 26.0 Å². The van der Waals surface area contributed by atoms with Crippen LogP contribution in [0.5, 0.6) is 0 Å². The average molecular weight is 352 g/mol. The molecule has 4 rings (SSSR count). The van der Waals surface area contributed by atoms with Gasteiger partial charge >= 0.3 is 5.69 Å². The van der Waals surface area contributed by atoms with Gasteiger partial charge in [0.1, 0.15) is 0 Å². The summed E-state index contributed by atoms with van der Waals surface area (Å²) < 4.78 is 1.35. The van der Waals surface area contributed by atoms with Crippen molar-refractivity contribution < 1.29 is 0 Å². The topological polar surface area (TPSA) is 82.7 Å². The second-order valence-corrected chi connectivity index (χ2v) is 7.10. The highest BCUT2D eigenvalue weighted by Gasteiger charge is 2.30. The molecule has 3 aromatic rings. The van der Waals surface area contributed by atoms with Crippen molar-refractivity contribution in [1.82, 2.24) is 19.9 Å². The van der Waals surface area contributed by atoms with E-state index in [0.29, 0.717) is 11.3 Å². The lowest BCUT2D eigenvalue weighted by atomic mass is 9.94. The van der Waals surface area contributed by atoms with E-state index >= 15 is 0 Å². The monoisotopic (exact) mass is 352 g/mol. The maximum absolute atomic E-state index is 13.2. The second kappa shape index (κ2) is 6.29. The number of hydrogen-bond acceptors (Lipinski definition) is 3. The summed E-state index contributed by atoms with van der Waals surface area (Å²) in [6, 6.07) is 7.83. The van der Waals surface area contributed by atoms with E-state index in [1.165, 1.54) is 15.5 Å². The number of H-pyrrole nitrogens is 2. The molecule has 2 unspecified atom stereocenters. The third-order valence-corrected chi connectivity index (χ3v) is 5.55. The number of aromatic amines is 2. The molecule has 1 aliphatic rings. The lowest BCUT2D eigenvalue weighted by molar-refractivity contribution is 0.471. The first kappa shape index (κ1) is 16.8. The van der Waals surface area contributed by atoms with Gasteiger partial charge in [0.25, 0.3) is 5.56 Å². The van der Waals surface area contributed by atoms with Crippen LogP contribution < -0.4 is 16.6 Å². The summed E-state index contributed by atoms with van der Waals surface area (Å²) in [5, 5.41) is 4.68. The molecule has 0 spiro atoms. The molecule has 0 radical (unpaired) electrons. The van der Waals surface area contributed by atoms with Crippen LogP contribution in [-0.4, -0.2) is 21.1 Å². The summed E-state index contributed by atoms with van der Waals surface area (Å²) in [7, 11) is 0. The number of fused-ring (bicyclic) bond motifs is 3. The number of nitrogens with one attached hydrogen (secondary N) is 3. The van der Waals surface area contributed by atoms with Gasteiger partial charge in [-0.05, 0) is 38.3 Å². The molecular weight excluding hydrogens is 328 g/mol. The molecule has 2 aromatic heterocycles. The Balaban J connectivity index is 1.96. The molecule has 136 valence electrons. The van der Waals surface area contributed by atoms with Crippen molar-refractivity contribution in [1.29, 1.82) is 0 Å². The van der Waals surface area contributed by atoms with Gasteiger partial charge in [0.05, 0.1) is 11.6 Å². The van der Waals surface area contributed by atoms with Crippen molar-refractivity contribution in [3.63, 3.8) is 0 Å². The number of aryl methyl sites for hydroxylation is 1. The van der Waals surface area contributed by atoms with E-state index in [4.69, 9.17) is 0 Å². The fourth-order valence-corrected chi connectivity index (χ4v) is 4.02. The number of rotatable bonds is 3. The van der Waals surface area contributed by atoms with Crippen LogP contribution in [0, 0.1) is 6.92 Å². The third-order valence-electron chi connectivity index (χ3n) is 5.55. The second-order valence-electron chi connectivity index (χ2n) is 7.10. The van der Waals surface area contributed by atoms with E-state index in [9.17, 15) is 9.59 Å². The fourth-order valence-electron chi connectivity index (χ4n) is 4.02. The highest BCUT2D eigenvalue weighted by atomic mass is 16.2. The molecule has 1 aromatic carbocycles. The van der Waals surface area contributed by atoms with Crippen molar-refractivity contribution in [3.8, 4) is 0 Å². The van der Waals surface area contributed by atoms with Gasteiger partial charge in [0.2, 0.25) is 0 Å². The van der Waals surface area contributed by atoms with Crippen LogP contribution in [0.4, 0.5) is 0 Å². The van der Waals surface area contributed by atoms with Crippen molar-refractivity contribution in [2.75, 3.05) is 6.54 Å². The van der Waals surface area contributed by atoms with Gasteiger partial charge in [-0.15, -0.1) is 0 Å². The molecule has 0 aliphatic carbocycles. The van der Waals surface area contributed by atoms with Crippen molar-refractivity contribution in [2.45, 2.75) is 45.7 Å². The quantitative estimate of drug-likeness (QED) is 0.677. The molecule has 0 amide bonds. The van der Waals surface area contributed by atoms with Crippen LogP contribution in [0.25, 0.3) is 10.9 Å². The Hall–Kier alpha value is -2.60. The molecule has 0 fully saturated rings. The molecule has 6 heteroatoms. The molecule has 3 N–H and O–H groups in total. The van der Waals surface area contributed by atoms with Crippen LogP contribution >= 0.6 is 0 Å². The lowest BCUT2D eigenvalue weighted by Gasteiger charge is -2.26. The number of para-hydroxylation sites is 1. The maximum atomic E-state index is 13.2. The standard InChI is InChI=1S/C20H24N4O2/c1-4-11(2)24-19(25)16(12(3)22-20(24)26)18-17-14(9-10-21-18)13-7-5-6-8-15(13)23-17/h5-8,11,18,21,23H,4,9-10H2,1-3H3,(H,22,26). The highest BCUT2D eigenvalue weighted by molar-refractivity contribution is 5.85. The third kappa shape index (κ3) is 2.44. The van der Waals surface area contributed by atoms with Gasteiger partial charge in [-0.25, -0.2) is 4.79 Å². The largest absolute Gasteiger partial charge is 0.357 e. The van der Waals surface area contributed by atoms with E-state index in [-0.39, 0.29) is 23.3 Å².